The Morgan fingerprint density at radius 1 is 1.26 bits per heavy atom. The molecular weight excluding hydrogens is 242 g/mol. The molecule has 0 spiro atoms. The number of amides is 1. The number of nitrogens with one attached hydrogen (secondary N) is 1. The summed E-state index contributed by atoms with van der Waals surface area (Å²) in [6, 6.07) is 7.84. The third-order valence-corrected chi connectivity index (χ3v) is 2.76. The Bertz CT molecular complexity index is 373. The Kier molecular flexibility index (Phi) is 6.97. The van der Waals surface area contributed by atoms with Crippen LogP contribution in [0.2, 0.25) is 0 Å². The summed E-state index contributed by atoms with van der Waals surface area (Å²) >= 11 is 0. The number of rotatable bonds is 8. The Morgan fingerprint density at radius 3 is 2.53 bits per heavy atom. The van der Waals surface area contributed by atoms with E-state index < -0.39 is 0 Å². The molecule has 0 heterocycles. The van der Waals surface area contributed by atoms with Crippen LogP contribution >= 0.6 is 0 Å². The van der Waals surface area contributed by atoms with Crippen molar-refractivity contribution in [3.8, 4) is 5.75 Å². The van der Waals surface area contributed by atoms with E-state index in [2.05, 4.69) is 19.2 Å². The molecule has 1 amide bonds. The van der Waals surface area contributed by atoms with Gasteiger partial charge < -0.3 is 14.8 Å². The standard InChI is InChI=1S/C15H23NO3/c1-12(2)13-5-7-14(8-6-13)19-11-15(17)16-9-4-10-18-3/h5-8,12H,4,9-11H2,1-3H3,(H,16,17). The summed E-state index contributed by atoms with van der Waals surface area (Å²) in [5, 5.41) is 2.77. The highest BCUT2D eigenvalue weighted by atomic mass is 16.5. The largest absolute Gasteiger partial charge is 0.484 e. The van der Waals surface area contributed by atoms with Gasteiger partial charge in [-0.15, -0.1) is 0 Å². The zero-order valence-corrected chi connectivity index (χ0v) is 11.9. The molecule has 1 N–H and O–H groups in total. The molecule has 0 saturated carbocycles. The average Bonchev–Trinajstić information content (AvgIpc) is 2.42. The van der Waals surface area contributed by atoms with Gasteiger partial charge in [-0.1, -0.05) is 26.0 Å². The number of benzene rings is 1. The Labute approximate surface area is 115 Å². The lowest BCUT2D eigenvalue weighted by Gasteiger charge is -2.09. The van der Waals surface area contributed by atoms with Gasteiger partial charge in [0.1, 0.15) is 5.75 Å². The predicted octanol–water partition coefficient (Wildman–Crippen LogP) is 2.34. The fourth-order valence-corrected chi connectivity index (χ4v) is 1.59. The van der Waals surface area contributed by atoms with E-state index in [9.17, 15) is 4.79 Å². The molecule has 0 aliphatic carbocycles. The van der Waals surface area contributed by atoms with Crippen molar-refractivity contribution in [1.82, 2.24) is 5.32 Å². The van der Waals surface area contributed by atoms with Gasteiger partial charge in [0, 0.05) is 20.3 Å². The van der Waals surface area contributed by atoms with Gasteiger partial charge in [-0.2, -0.15) is 0 Å². The van der Waals surface area contributed by atoms with E-state index in [1.54, 1.807) is 7.11 Å². The summed E-state index contributed by atoms with van der Waals surface area (Å²) in [5.74, 6) is 1.11. The van der Waals surface area contributed by atoms with Gasteiger partial charge in [0.05, 0.1) is 0 Å². The Hall–Kier alpha value is -1.55. The molecule has 0 bridgehead atoms. The van der Waals surface area contributed by atoms with Gasteiger partial charge in [0.15, 0.2) is 6.61 Å². The van der Waals surface area contributed by atoms with Crippen molar-refractivity contribution in [2.45, 2.75) is 26.2 Å². The smallest absolute Gasteiger partial charge is 0.257 e. The minimum absolute atomic E-state index is 0.0496. The van der Waals surface area contributed by atoms with Crippen molar-refractivity contribution in [3.05, 3.63) is 29.8 Å². The van der Waals surface area contributed by atoms with E-state index >= 15 is 0 Å². The predicted molar refractivity (Wildman–Crippen MR) is 75.5 cm³/mol. The summed E-state index contributed by atoms with van der Waals surface area (Å²) in [7, 11) is 1.64. The third-order valence-electron chi connectivity index (χ3n) is 2.76. The number of methoxy groups -OCH3 is 1. The molecule has 0 radical (unpaired) electrons. The van der Waals surface area contributed by atoms with Crippen molar-refractivity contribution in [2.24, 2.45) is 0 Å². The van der Waals surface area contributed by atoms with Gasteiger partial charge in [-0.3, -0.25) is 4.79 Å². The molecule has 0 fully saturated rings. The van der Waals surface area contributed by atoms with Crippen LogP contribution < -0.4 is 10.1 Å². The summed E-state index contributed by atoms with van der Waals surface area (Å²) in [6.07, 6.45) is 0.811. The number of hydrogen-bond acceptors (Lipinski definition) is 3. The molecule has 0 unspecified atom stereocenters. The fraction of sp³-hybridized carbons (Fsp3) is 0.533. The van der Waals surface area contributed by atoms with Crippen LogP contribution in [-0.2, 0) is 9.53 Å². The van der Waals surface area contributed by atoms with Crippen LogP contribution in [0.4, 0.5) is 0 Å². The van der Waals surface area contributed by atoms with E-state index in [1.807, 2.05) is 24.3 Å². The van der Waals surface area contributed by atoms with E-state index in [0.717, 1.165) is 12.2 Å². The van der Waals surface area contributed by atoms with E-state index in [0.29, 0.717) is 19.1 Å². The monoisotopic (exact) mass is 265 g/mol. The van der Waals surface area contributed by atoms with Gasteiger partial charge in [-0.25, -0.2) is 0 Å². The van der Waals surface area contributed by atoms with E-state index in [4.69, 9.17) is 9.47 Å². The lowest BCUT2D eigenvalue weighted by Crippen LogP contribution is -2.30. The molecule has 106 valence electrons. The van der Waals surface area contributed by atoms with Crippen molar-refractivity contribution in [1.29, 1.82) is 0 Å². The molecular formula is C15H23NO3. The lowest BCUT2D eigenvalue weighted by atomic mass is 10.0. The van der Waals surface area contributed by atoms with Crippen LogP contribution in [0.1, 0.15) is 31.7 Å². The number of carbonyl (C=O) groups is 1. The van der Waals surface area contributed by atoms with Crippen LogP contribution in [0.3, 0.4) is 0 Å². The number of hydrogen-bond donors (Lipinski definition) is 1. The number of carbonyl (C=O) groups excluding carboxylic acids is 1. The maximum absolute atomic E-state index is 11.5. The van der Waals surface area contributed by atoms with E-state index in [1.165, 1.54) is 5.56 Å². The van der Waals surface area contributed by atoms with Crippen molar-refractivity contribution in [2.75, 3.05) is 26.9 Å². The minimum Gasteiger partial charge on any atom is -0.484 e. The normalized spacial score (nSPS) is 10.5. The Balaban J connectivity index is 2.26. The molecule has 19 heavy (non-hydrogen) atoms. The maximum atomic E-state index is 11.5. The Morgan fingerprint density at radius 2 is 1.95 bits per heavy atom. The molecule has 0 aliphatic rings. The highest BCUT2D eigenvalue weighted by Crippen LogP contribution is 2.18. The highest BCUT2D eigenvalue weighted by Gasteiger charge is 2.03. The van der Waals surface area contributed by atoms with Gasteiger partial charge >= 0.3 is 0 Å². The zero-order valence-electron chi connectivity index (χ0n) is 11.9. The second-order valence-electron chi connectivity index (χ2n) is 4.71. The highest BCUT2D eigenvalue weighted by molar-refractivity contribution is 5.77. The second-order valence-corrected chi connectivity index (χ2v) is 4.71. The van der Waals surface area contributed by atoms with E-state index in [-0.39, 0.29) is 12.5 Å². The molecule has 0 saturated heterocycles. The van der Waals surface area contributed by atoms with Gasteiger partial charge in [-0.05, 0) is 30.0 Å². The van der Waals surface area contributed by atoms with Crippen LogP contribution in [-0.4, -0.2) is 32.8 Å². The first-order chi connectivity index (χ1) is 9.13. The summed E-state index contributed by atoms with van der Waals surface area (Å²) in [4.78, 5) is 11.5. The van der Waals surface area contributed by atoms with Gasteiger partial charge in [0.25, 0.3) is 5.91 Å². The summed E-state index contributed by atoms with van der Waals surface area (Å²) in [6.45, 7) is 5.60. The molecule has 0 aliphatic heterocycles. The molecule has 4 heteroatoms. The van der Waals surface area contributed by atoms with Crippen LogP contribution in [0, 0.1) is 0 Å². The van der Waals surface area contributed by atoms with Gasteiger partial charge in [0.2, 0.25) is 0 Å². The van der Waals surface area contributed by atoms with Crippen molar-refractivity contribution in [3.63, 3.8) is 0 Å². The SMILES string of the molecule is COCCCNC(=O)COc1ccc(C(C)C)cc1. The topological polar surface area (TPSA) is 47.6 Å². The van der Waals surface area contributed by atoms with Crippen LogP contribution in [0.15, 0.2) is 24.3 Å². The summed E-state index contributed by atoms with van der Waals surface area (Å²) in [5.41, 5.74) is 1.26. The molecule has 1 rings (SSSR count). The number of ether oxygens (including phenoxy) is 2. The molecule has 0 aromatic heterocycles. The first kappa shape index (κ1) is 15.5. The summed E-state index contributed by atoms with van der Waals surface area (Å²) < 4.78 is 10.3. The second kappa shape index (κ2) is 8.53. The maximum Gasteiger partial charge on any atom is 0.257 e. The average molecular weight is 265 g/mol. The zero-order chi connectivity index (χ0) is 14.1. The van der Waals surface area contributed by atoms with Crippen LogP contribution in [0.25, 0.3) is 0 Å². The third kappa shape index (κ3) is 6.25. The molecule has 1 aromatic carbocycles. The lowest BCUT2D eigenvalue weighted by molar-refractivity contribution is -0.123. The molecule has 4 nitrogen and oxygen atoms in total. The quantitative estimate of drug-likeness (QED) is 0.734. The van der Waals surface area contributed by atoms with Crippen LogP contribution in [0.5, 0.6) is 5.75 Å². The molecule has 1 aromatic rings. The minimum atomic E-state index is -0.107. The van der Waals surface area contributed by atoms with Crippen molar-refractivity contribution >= 4 is 5.91 Å². The molecule has 0 atom stereocenters. The first-order valence-electron chi connectivity index (χ1n) is 6.62. The first-order valence-corrected chi connectivity index (χ1v) is 6.62. The van der Waals surface area contributed by atoms with Crippen molar-refractivity contribution < 1.29 is 14.3 Å². The fourth-order valence-electron chi connectivity index (χ4n) is 1.59.